The molecule has 0 spiro atoms. The van der Waals surface area contributed by atoms with E-state index in [4.69, 9.17) is 0 Å². The number of nitrogens with one attached hydrogen (secondary N) is 1. The summed E-state index contributed by atoms with van der Waals surface area (Å²) in [5.41, 5.74) is 2.85. The van der Waals surface area contributed by atoms with Gasteiger partial charge in [-0.05, 0) is 35.2 Å². The summed E-state index contributed by atoms with van der Waals surface area (Å²) in [6.45, 7) is 0. The Balaban J connectivity index is 1.96. The molecule has 0 saturated heterocycles. The predicted octanol–water partition coefficient (Wildman–Crippen LogP) is 5.18. The maximum Gasteiger partial charge on any atom is 0.151 e. The van der Waals surface area contributed by atoms with Crippen LogP contribution < -0.4 is 5.32 Å². The number of hydrogen-bond acceptors (Lipinski definition) is 3. The Hall–Kier alpha value is -2.65. The Kier molecular flexibility index (Phi) is 5.02. The molecule has 1 N–H and O–H groups in total. The molecule has 114 valence electrons. The topological polar surface area (TPSA) is 29.1 Å². The summed E-state index contributed by atoms with van der Waals surface area (Å²) in [6.07, 6.45) is 2.91. The number of carbonyl (C=O) groups is 1. The van der Waals surface area contributed by atoms with Crippen LogP contribution in [0.5, 0.6) is 0 Å². The van der Waals surface area contributed by atoms with Crippen LogP contribution in [0.3, 0.4) is 0 Å². The summed E-state index contributed by atoms with van der Waals surface area (Å²) in [7, 11) is 0. The van der Waals surface area contributed by atoms with Gasteiger partial charge in [-0.25, -0.2) is 0 Å². The van der Waals surface area contributed by atoms with Crippen molar-refractivity contribution in [1.29, 1.82) is 0 Å². The Morgan fingerprint density at radius 3 is 2.22 bits per heavy atom. The molecule has 1 atom stereocenters. The highest BCUT2D eigenvalue weighted by Gasteiger charge is 2.11. The number of thiophene rings is 1. The van der Waals surface area contributed by atoms with Crippen molar-refractivity contribution in [2.24, 2.45) is 0 Å². The van der Waals surface area contributed by atoms with E-state index in [2.05, 4.69) is 17.4 Å². The van der Waals surface area contributed by atoms with Gasteiger partial charge in [0, 0.05) is 16.1 Å². The van der Waals surface area contributed by atoms with Crippen LogP contribution in [-0.2, 0) is 4.79 Å². The molecule has 1 heterocycles. The molecule has 0 bridgehead atoms. The summed E-state index contributed by atoms with van der Waals surface area (Å²) in [4.78, 5) is 12.5. The molecule has 3 aromatic rings. The van der Waals surface area contributed by atoms with Gasteiger partial charge in [-0.2, -0.15) is 0 Å². The van der Waals surface area contributed by atoms with Crippen molar-refractivity contribution in [2.45, 2.75) is 6.04 Å². The maximum atomic E-state index is 11.5. The van der Waals surface area contributed by atoms with Crippen LogP contribution in [0, 0.1) is 0 Å². The van der Waals surface area contributed by atoms with E-state index in [-0.39, 0.29) is 6.04 Å². The van der Waals surface area contributed by atoms with Crippen LogP contribution in [0.15, 0.2) is 84.3 Å². The molecule has 0 amide bonds. The van der Waals surface area contributed by atoms with Crippen molar-refractivity contribution in [3.63, 3.8) is 0 Å². The first-order valence-electron chi connectivity index (χ1n) is 7.44. The fraction of sp³-hybridized carbons (Fsp3) is 0.0500. The van der Waals surface area contributed by atoms with Crippen LogP contribution in [0.4, 0.5) is 5.69 Å². The van der Waals surface area contributed by atoms with Gasteiger partial charge >= 0.3 is 0 Å². The quantitative estimate of drug-likeness (QED) is 0.501. The molecule has 0 saturated carbocycles. The van der Waals surface area contributed by atoms with Gasteiger partial charge in [-0.3, -0.25) is 4.79 Å². The van der Waals surface area contributed by atoms with E-state index in [1.54, 1.807) is 11.3 Å². The van der Waals surface area contributed by atoms with Crippen molar-refractivity contribution in [3.05, 3.63) is 94.7 Å². The lowest BCUT2D eigenvalue weighted by Crippen LogP contribution is -2.09. The molecule has 3 rings (SSSR count). The molecule has 0 fully saturated rings. The average Bonchev–Trinajstić information content (AvgIpc) is 3.14. The molecule has 3 heteroatoms. The minimum Gasteiger partial charge on any atom is -0.375 e. The van der Waals surface area contributed by atoms with Crippen LogP contribution in [0.25, 0.3) is 5.57 Å². The Labute approximate surface area is 140 Å². The molecule has 1 aromatic heterocycles. The summed E-state index contributed by atoms with van der Waals surface area (Å²) >= 11 is 1.57. The van der Waals surface area contributed by atoms with E-state index in [0.29, 0.717) is 5.57 Å². The average molecular weight is 319 g/mol. The zero-order valence-electron chi connectivity index (χ0n) is 12.6. The van der Waals surface area contributed by atoms with Gasteiger partial charge in [-0.15, -0.1) is 11.3 Å². The van der Waals surface area contributed by atoms with Gasteiger partial charge < -0.3 is 5.32 Å². The number of anilines is 1. The number of benzene rings is 2. The van der Waals surface area contributed by atoms with Gasteiger partial charge in [-0.1, -0.05) is 54.6 Å². The predicted molar refractivity (Wildman–Crippen MR) is 97.6 cm³/mol. The second-order valence-electron chi connectivity index (χ2n) is 5.12. The second kappa shape index (κ2) is 7.56. The number of hydrogen-bond donors (Lipinski definition) is 1. The molecule has 23 heavy (non-hydrogen) atoms. The van der Waals surface area contributed by atoms with Gasteiger partial charge in [0.1, 0.15) is 0 Å². The van der Waals surface area contributed by atoms with E-state index < -0.39 is 0 Å². The molecular formula is C20H17NOS. The highest BCUT2D eigenvalue weighted by atomic mass is 32.1. The maximum absolute atomic E-state index is 11.5. The minimum atomic E-state index is -0.0686. The Morgan fingerprint density at radius 1 is 0.913 bits per heavy atom. The lowest BCUT2D eigenvalue weighted by Gasteiger charge is -2.18. The lowest BCUT2D eigenvalue weighted by molar-refractivity contribution is -0.103. The molecule has 0 radical (unpaired) electrons. The summed E-state index contributed by atoms with van der Waals surface area (Å²) in [5.74, 6) is 0. The highest BCUT2D eigenvalue weighted by molar-refractivity contribution is 7.11. The lowest BCUT2D eigenvalue weighted by atomic mass is 10.0. The zero-order chi connectivity index (χ0) is 15.9. The van der Waals surface area contributed by atoms with Crippen molar-refractivity contribution in [1.82, 2.24) is 0 Å². The third-order valence-corrected chi connectivity index (χ3v) is 4.45. The monoisotopic (exact) mass is 319 g/mol. The zero-order valence-corrected chi connectivity index (χ0v) is 13.4. The molecule has 1 unspecified atom stereocenters. The summed E-state index contributed by atoms with van der Waals surface area (Å²) < 4.78 is 0. The molecule has 2 nitrogen and oxygen atoms in total. The fourth-order valence-electron chi connectivity index (χ4n) is 2.40. The molecule has 0 aliphatic carbocycles. The summed E-state index contributed by atoms with van der Waals surface area (Å²) in [5, 5.41) is 5.47. The number of aldehydes is 1. The number of allylic oxidation sites excluding steroid dienone is 1. The Morgan fingerprint density at radius 2 is 1.61 bits per heavy atom. The highest BCUT2D eigenvalue weighted by Crippen LogP contribution is 2.26. The van der Waals surface area contributed by atoms with Crippen molar-refractivity contribution in [3.8, 4) is 0 Å². The van der Waals surface area contributed by atoms with E-state index >= 15 is 0 Å². The fourth-order valence-corrected chi connectivity index (χ4v) is 3.11. The van der Waals surface area contributed by atoms with Crippen LogP contribution in [-0.4, -0.2) is 6.29 Å². The Bertz CT molecular complexity index is 764. The summed E-state index contributed by atoms with van der Waals surface area (Å²) in [6, 6.07) is 24.0. The van der Waals surface area contributed by atoms with Gasteiger partial charge in [0.2, 0.25) is 0 Å². The van der Waals surface area contributed by atoms with Gasteiger partial charge in [0.15, 0.2) is 6.29 Å². The third-order valence-electron chi connectivity index (χ3n) is 3.53. The molecule has 2 aromatic carbocycles. The molecule has 0 aliphatic rings. The van der Waals surface area contributed by atoms with Crippen LogP contribution in [0.1, 0.15) is 16.5 Å². The second-order valence-corrected chi connectivity index (χ2v) is 6.06. The van der Waals surface area contributed by atoms with E-state index in [0.717, 1.165) is 22.4 Å². The first-order chi connectivity index (χ1) is 11.4. The normalized spacial score (nSPS) is 12.6. The molecular weight excluding hydrogens is 302 g/mol. The third kappa shape index (κ3) is 3.96. The first-order valence-corrected chi connectivity index (χ1v) is 8.32. The number of rotatable bonds is 6. The van der Waals surface area contributed by atoms with Crippen molar-refractivity contribution < 1.29 is 4.79 Å². The standard InChI is InChI=1S/C20H17NOS/c22-15-17(20-12-7-13-23-20)14-19(16-8-3-1-4-9-16)21-18-10-5-2-6-11-18/h1-15,19,21H/b17-14-. The van der Waals surface area contributed by atoms with E-state index in [1.807, 2.05) is 72.1 Å². The number of carbonyl (C=O) groups excluding carboxylic acids is 1. The smallest absolute Gasteiger partial charge is 0.151 e. The van der Waals surface area contributed by atoms with Gasteiger partial charge in [0.05, 0.1) is 6.04 Å². The molecule has 0 aliphatic heterocycles. The van der Waals surface area contributed by atoms with Crippen LogP contribution in [0.2, 0.25) is 0 Å². The van der Waals surface area contributed by atoms with E-state index in [9.17, 15) is 4.79 Å². The first kappa shape index (κ1) is 15.3. The van der Waals surface area contributed by atoms with Crippen molar-refractivity contribution in [2.75, 3.05) is 5.32 Å². The SMILES string of the molecule is O=C/C(=C/C(Nc1ccccc1)c1ccccc1)c1cccs1. The largest absolute Gasteiger partial charge is 0.375 e. The van der Waals surface area contributed by atoms with Crippen LogP contribution >= 0.6 is 11.3 Å². The van der Waals surface area contributed by atoms with Gasteiger partial charge in [0.25, 0.3) is 0 Å². The van der Waals surface area contributed by atoms with Crippen molar-refractivity contribution >= 4 is 28.9 Å². The number of para-hydroxylation sites is 1. The minimum absolute atomic E-state index is 0.0686. The van der Waals surface area contributed by atoms with E-state index in [1.165, 1.54) is 0 Å².